The number of hydrogen-bond donors (Lipinski definition) is 3. The number of tetrazole rings is 1. The molecule has 0 aliphatic carbocycles. The Morgan fingerprint density at radius 2 is 2.21 bits per heavy atom. The third-order valence-corrected chi connectivity index (χ3v) is 7.32. The van der Waals surface area contributed by atoms with Gasteiger partial charge in [0.1, 0.15) is 18.5 Å². The second-order valence-corrected chi connectivity index (χ2v) is 9.42. The van der Waals surface area contributed by atoms with Gasteiger partial charge in [-0.1, -0.05) is 16.9 Å². The SMILES string of the molecule is CO/N=C(\C(N)=O)c1csc(N)n1.Cn1nnnc1SCC1=C(C(=O)O)N2C(=O)C[C@@H]2SC1. The third-order valence-electron chi connectivity index (χ3n) is 4.27. The first kappa shape index (κ1) is 24.5. The van der Waals surface area contributed by atoms with E-state index in [0.717, 1.165) is 5.57 Å². The van der Waals surface area contributed by atoms with E-state index in [2.05, 4.69) is 30.5 Å². The highest BCUT2D eigenvalue weighted by Gasteiger charge is 2.45. The summed E-state index contributed by atoms with van der Waals surface area (Å²) in [5.74, 6) is -0.794. The minimum Gasteiger partial charge on any atom is -0.477 e. The van der Waals surface area contributed by atoms with Gasteiger partial charge >= 0.3 is 5.97 Å². The van der Waals surface area contributed by atoms with Gasteiger partial charge in [0, 0.05) is 23.9 Å². The number of aliphatic carboxylic acids is 1. The summed E-state index contributed by atoms with van der Waals surface area (Å²) in [6, 6.07) is 0. The van der Waals surface area contributed by atoms with Gasteiger partial charge in [0.2, 0.25) is 11.1 Å². The average molecular weight is 514 g/mol. The number of carbonyl (C=O) groups excluding carboxylic acids is 2. The first-order chi connectivity index (χ1) is 15.7. The van der Waals surface area contributed by atoms with Crippen molar-refractivity contribution >= 4 is 63.5 Å². The Bertz CT molecular complexity index is 1130. The van der Waals surface area contributed by atoms with Gasteiger partial charge in [-0.3, -0.25) is 14.5 Å². The first-order valence-electron chi connectivity index (χ1n) is 9.09. The normalized spacial score (nSPS) is 17.6. The van der Waals surface area contributed by atoms with Crippen LogP contribution in [-0.2, 0) is 26.3 Å². The van der Waals surface area contributed by atoms with Crippen LogP contribution in [0.2, 0.25) is 0 Å². The average Bonchev–Trinajstić information content (AvgIpc) is 3.37. The summed E-state index contributed by atoms with van der Waals surface area (Å²) < 4.78 is 1.53. The van der Waals surface area contributed by atoms with E-state index in [1.54, 1.807) is 24.2 Å². The molecule has 0 radical (unpaired) electrons. The lowest BCUT2D eigenvalue weighted by atomic mass is 10.1. The number of carbonyl (C=O) groups is 3. The largest absolute Gasteiger partial charge is 0.477 e. The number of carboxylic acid groups (broad SMARTS) is 1. The number of thiazole rings is 1. The zero-order valence-electron chi connectivity index (χ0n) is 17.4. The fourth-order valence-electron chi connectivity index (χ4n) is 2.79. The molecule has 2 aliphatic heterocycles. The van der Waals surface area contributed by atoms with Gasteiger partial charge in [-0.25, -0.2) is 14.5 Å². The number of oxime groups is 1. The zero-order valence-corrected chi connectivity index (χ0v) is 19.8. The number of rotatable bonds is 7. The molecule has 5 N–H and O–H groups in total. The Kier molecular flexibility index (Phi) is 7.88. The number of hydrogen-bond acceptors (Lipinski definition) is 13. The minimum atomic E-state index is -1.05. The molecule has 1 saturated heterocycles. The molecular weight excluding hydrogens is 494 g/mol. The predicted octanol–water partition coefficient (Wildman–Crippen LogP) is -0.493. The van der Waals surface area contributed by atoms with Crippen LogP contribution in [0.4, 0.5) is 5.13 Å². The predicted molar refractivity (Wildman–Crippen MR) is 121 cm³/mol. The smallest absolute Gasteiger partial charge is 0.352 e. The summed E-state index contributed by atoms with van der Waals surface area (Å²) in [4.78, 5) is 43.5. The second-order valence-electron chi connectivity index (χ2n) is 6.42. The molecule has 1 fully saturated rings. The maximum atomic E-state index is 11.6. The van der Waals surface area contributed by atoms with Crippen LogP contribution in [-0.4, -0.2) is 82.7 Å². The minimum absolute atomic E-state index is 0.0150. The number of thioether (sulfide) groups is 2. The molecule has 4 heterocycles. The van der Waals surface area contributed by atoms with Crippen molar-refractivity contribution in [3.63, 3.8) is 0 Å². The highest BCUT2D eigenvalue weighted by atomic mass is 32.2. The summed E-state index contributed by atoms with van der Waals surface area (Å²) in [6.45, 7) is 0. The van der Waals surface area contributed by atoms with Crippen molar-refractivity contribution in [1.82, 2.24) is 30.1 Å². The summed E-state index contributed by atoms with van der Waals surface area (Å²) in [7, 11) is 3.04. The summed E-state index contributed by atoms with van der Waals surface area (Å²) in [5.41, 5.74) is 11.6. The summed E-state index contributed by atoms with van der Waals surface area (Å²) >= 11 is 4.16. The van der Waals surface area contributed by atoms with Crippen molar-refractivity contribution < 1.29 is 24.3 Å². The van der Waals surface area contributed by atoms with Gasteiger partial charge in [0.25, 0.3) is 5.91 Å². The van der Waals surface area contributed by atoms with Gasteiger partial charge in [0.15, 0.2) is 10.8 Å². The lowest BCUT2D eigenvalue weighted by Gasteiger charge is -2.43. The molecule has 0 aromatic carbocycles. The van der Waals surface area contributed by atoms with E-state index in [1.807, 2.05) is 0 Å². The van der Waals surface area contributed by atoms with E-state index < -0.39 is 11.9 Å². The molecule has 2 aromatic rings. The molecule has 33 heavy (non-hydrogen) atoms. The number of aryl methyl sites for hydroxylation is 1. The standard InChI is InChI=1S/C10H11N5O3S2.C6H8N4O2S/c1-14-10(11-12-13-14)20-4-5-3-19-7-2-6(16)15(7)8(5)9(17)18;1-12-10-4(5(7)11)3-2-13-6(8)9-3/h7H,2-4H2,1H3,(H,17,18);2H,1H3,(H2,7,11)(H2,8,9)/b;10-4-/t7-;/m0./s1. The van der Waals surface area contributed by atoms with Crippen LogP contribution in [0.25, 0.3) is 0 Å². The van der Waals surface area contributed by atoms with Crippen molar-refractivity contribution in [2.45, 2.75) is 17.0 Å². The van der Waals surface area contributed by atoms with Gasteiger partial charge in [-0.2, -0.15) is 0 Å². The number of primary amides is 1. The van der Waals surface area contributed by atoms with Gasteiger partial charge in [-0.15, -0.1) is 28.2 Å². The van der Waals surface area contributed by atoms with Crippen molar-refractivity contribution in [2.75, 3.05) is 24.3 Å². The van der Waals surface area contributed by atoms with Crippen molar-refractivity contribution in [3.8, 4) is 0 Å². The monoisotopic (exact) mass is 513 g/mol. The highest BCUT2D eigenvalue weighted by molar-refractivity contribution is 8.00. The number of nitrogen functional groups attached to an aromatic ring is 1. The first-order valence-corrected chi connectivity index (χ1v) is 12.0. The Balaban J connectivity index is 0.000000205. The Hall–Kier alpha value is -3.18. The van der Waals surface area contributed by atoms with Crippen LogP contribution in [0.15, 0.2) is 27.0 Å². The molecule has 0 saturated carbocycles. The maximum absolute atomic E-state index is 11.6. The number of nitrogens with zero attached hydrogens (tertiary/aromatic N) is 7. The van der Waals surface area contributed by atoms with Crippen LogP contribution in [0, 0.1) is 0 Å². The van der Waals surface area contributed by atoms with Gasteiger partial charge in [0.05, 0.1) is 11.8 Å². The fourth-order valence-corrected chi connectivity index (χ4v) is 5.59. The molecule has 0 bridgehead atoms. The number of anilines is 1. The van der Waals surface area contributed by atoms with Gasteiger partial charge in [-0.05, 0) is 16.0 Å². The van der Waals surface area contributed by atoms with Crippen LogP contribution in [0.1, 0.15) is 12.1 Å². The topological polar surface area (TPSA) is 205 Å². The molecule has 0 spiro atoms. The van der Waals surface area contributed by atoms with Crippen molar-refractivity contribution in [3.05, 3.63) is 22.3 Å². The number of nitrogens with two attached hydrogens (primary N) is 2. The van der Waals surface area contributed by atoms with E-state index in [0.29, 0.717) is 33.9 Å². The van der Waals surface area contributed by atoms with Gasteiger partial charge < -0.3 is 21.4 Å². The molecule has 1 atom stereocenters. The lowest BCUT2D eigenvalue weighted by molar-refractivity contribution is -0.146. The van der Waals surface area contributed by atoms with E-state index in [4.69, 9.17) is 11.5 Å². The Labute approximate surface area is 199 Å². The molecule has 176 valence electrons. The molecule has 14 nitrogen and oxygen atoms in total. The molecule has 0 unspecified atom stereocenters. The third kappa shape index (κ3) is 5.60. The zero-order chi connectivity index (χ0) is 24.1. The van der Waals surface area contributed by atoms with Crippen LogP contribution >= 0.6 is 34.9 Å². The van der Waals surface area contributed by atoms with E-state index >= 15 is 0 Å². The van der Waals surface area contributed by atoms with Crippen LogP contribution in [0.5, 0.6) is 0 Å². The fraction of sp³-hybridized carbons (Fsp3) is 0.375. The molecular formula is C16H19N9O5S3. The van der Waals surface area contributed by atoms with Crippen molar-refractivity contribution in [1.29, 1.82) is 0 Å². The van der Waals surface area contributed by atoms with Crippen molar-refractivity contribution in [2.24, 2.45) is 17.9 Å². The maximum Gasteiger partial charge on any atom is 0.352 e. The lowest BCUT2D eigenvalue weighted by Crippen LogP contribution is -2.54. The number of aromatic nitrogens is 5. The van der Waals surface area contributed by atoms with E-state index in [9.17, 15) is 19.5 Å². The molecule has 2 aromatic heterocycles. The van der Waals surface area contributed by atoms with Crippen LogP contribution in [0.3, 0.4) is 0 Å². The molecule has 2 aliphatic rings. The Morgan fingerprint density at radius 3 is 2.73 bits per heavy atom. The summed E-state index contributed by atoms with van der Waals surface area (Å²) in [6.07, 6.45) is 0.426. The van der Waals surface area contributed by atoms with E-state index in [-0.39, 0.29) is 22.7 Å². The summed E-state index contributed by atoms with van der Waals surface area (Å²) in [5, 5.41) is 26.4. The Morgan fingerprint density at radius 1 is 1.45 bits per heavy atom. The van der Waals surface area contributed by atoms with E-state index in [1.165, 1.54) is 39.8 Å². The second kappa shape index (κ2) is 10.6. The molecule has 17 heteroatoms. The number of amides is 2. The number of fused-ring (bicyclic) bond motifs is 1. The molecule has 2 amide bonds. The number of carboxylic acids is 1. The number of β-lactam (4-membered cyclic amide) rings is 1. The van der Waals surface area contributed by atoms with Crippen LogP contribution < -0.4 is 11.5 Å². The highest BCUT2D eigenvalue weighted by Crippen LogP contribution is 2.40. The quantitative estimate of drug-likeness (QED) is 0.186. The molecule has 4 rings (SSSR count).